The summed E-state index contributed by atoms with van der Waals surface area (Å²) in [5.41, 5.74) is 2.73. The van der Waals surface area contributed by atoms with Crippen LogP contribution in [0, 0.1) is 32.4 Å². The van der Waals surface area contributed by atoms with Gasteiger partial charge in [0.25, 0.3) is 0 Å². The summed E-state index contributed by atoms with van der Waals surface area (Å²) in [6.45, 7) is 5.06. The maximum Gasteiger partial charge on any atom is 0.129 e. The Bertz CT molecular complexity index is 577. The van der Waals surface area contributed by atoms with Gasteiger partial charge in [-0.15, -0.1) is 0 Å². The van der Waals surface area contributed by atoms with Crippen molar-refractivity contribution in [1.29, 1.82) is 0 Å². The highest BCUT2D eigenvalue weighted by molar-refractivity contribution is 5.37. The summed E-state index contributed by atoms with van der Waals surface area (Å²) in [4.78, 5) is 0. The molecule has 0 heterocycles. The Balaban J connectivity index is 2.46. The summed E-state index contributed by atoms with van der Waals surface area (Å²) in [7, 11) is 0. The lowest BCUT2D eigenvalue weighted by Crippen LogP contribution is -2.03. The summed E-state index contributed by atoms with van der Waals surface area (Å²) in [6.07, 6.45) is -0.951. The fourth-order valence-electron chi connectivity index (χ4n) is 2.25. The van der Waals surface area contributed by atoms with Crippen LogP contribution in [0.15, 0.2) is 30.3 Å². The quantitative estimate of drug-likeness (QED) is 0.868. The lowest BCUT2D eigenvalue weighted by molar-refractivity contribution is 0.219. The molecule has 19 heavy (non-hydrogen) atoms. The maximum absolute atomic E-state index is 13.6. The molecule has 100 valence electrons. The second-order valence-corrected chi connectivity index (χ2v) is 4.93. The molecule has 3 heteroatoms. The molecule has 2 aromatic rings. The van der Waals surface area contributed by atoms with Crippen molar-refractivity contribution in [3.05, 3.63) is 69.8 Å². The van der Waals surface area contributed by atoms with Gasteiger partial charge in [0.2, 0.25) is 0 Å². The van der Waals surface area contributed by atoms with Crippen LogP contribution in [0.25, 0.3) is 0 Å². The van der Waals surface area contributed by atoms with Gasteiger partial charge in [-0.1, -0.05) is 18.2 Å². The summed E-state index contributed by atoms with van der Waals surface area (Å²) >= 11 is 0. The molecular weight excluding hydrogens is 246 g/mol. The summed E-state index contributed by atoms with van der Waals surface area (Å²) in [5.74, 6) is -0.657. The lowest BCUT2D eigenvalue weighted by Gasteiger charge is -2.14. The van der Waals surface area contributed by atoms with Crippen LogP contribution in [0.3, 0.4) is 0 Å². The van der Waals surface area contributed by atoms with Crippen LogP contribution in [-0.2, 0) is 0 Å². The first-order valence-electron chi connectivity index (χ1n) is 6.10. The molecule has 1 unspecified atom stereocenters. The van der Waals surface area contributed by atoms with Crippen LogP contribution in [-0.4, -0.2) is 5.11 Å². The van der Waals surface area contributed by atoms with Crippen molar-refractivity contribution in [2.45, 2.75) is 26.9 Å². The minimum Gasteiger partial charge on any atom is -0.384 e. The van der Waals surface area contributed by atoms with Gasteiger partial charge in [-0.05, 0) is 60.7 Å². The molecule has 0 bridgehead atoms. The fourth-order valence-corrected chi connectivity index (χ4v) is 2.25. The molecule has 0 amide bonds. The minimum absolute atomic E-state index is 0.272. The van der Waals surface area contributed by atoms with Crippen molar-refractivity contribution < 1.29 is 13.9 Å². The zero-order valence-electron chi connectivity index (χ0n) is 11.2. The van der Waals surface area contributed by atoms with Gasteiger partial charge >= 0.3 is 0 Å². The molecule has 1 N–H and O–H groups in total. The van der Waals surface area contributed by atoms with E-state index in [0.29, 0.717) is 22.3 Å². The third-order valence-electron chi connectivity index (χ3n) is 3.15. The van der Waals surface area contributed by atoms with Gasteiger partial charge in [0.15, 0.2) is 0 Å². The Kier molecular flexibility index (Phi) is 3.67. The summed E-state index contributed by atoms with van der Waals surface area (Å²) < 4.78 is 26.9. The van der Waals surface area contributed by atoms with E-state index in [1.165, 1.54) is 12.1 Å². The Morgan fingerprint density at radius 2 is 1.37 bits per heavy atom. The highest BCUT2D eigenvalue weighted by Gasteiger charge is 2.14. The van der Waals surface area contributed by atoms with Crippen LogP contribution in [0.4, 0.5) is 8.78 Å². The monoisotopic (exact) mass is 262 g/mol. The first-order chi connectivity index (χ1) is 8.88. The lowest BCUT2D eigenvalue weighted by atomic mass is 9.96. The molecule has 1 nitrogen and oxygen atoms in total. The van der Waals surface area contributed by atoms with E-state index >= 15 is 0 Å². The molecule has 0 aliphatic carbocycles. The van der Waals surface area contributed by atoms with E-state index in [4.69, 9.17) is 0 Å². The van der Waals surface area contributed by atoms with Gasteiger partial charge in [-0.3, -0.25) is 0 Å². The van der Waals surface area contributed by atoms with Crippen LogP contribution < -0.4 is 0 Å². The van der Waals surface area contributed by atoms with E-state index in [2.05, 4.69) is 0 Å². The Morgan fingerprint density at radius 1 is 0.842 bits per heavy atom. The second kappa shape index (κ2) is 5.10. The van der Waals surface area contributed by atoms with Gasteiger partial charge in [0.05, 0.1) is 0 Å². The van der Waals surface area contributed by atoms with E-state index in [1.54, 1.807) is 39.0 Å². The molecule has 0 aliphatic rings. The van der Waals surface area contributed by atoms with Crippen molar-refractivity contribution in [3.63, 3.8) is 0 Å². The first-order valence-corrected chi connectivity index (χ1v) is 6.10. The van der Waals surface area contributed by atoms with Crippen LogP contribution in [0.5, 0.6) is 0 Å². The highest BCUT2D eigenvalue weighted by Crippen LogP contribution is 2.26. The third kappa shape index (κ3) is 2.82. The van der Waals surface area contributed by atoms with E-state index in [-0.39, 0.29) is 11.6 Å². The number of hydrogen-bond acceptors (Lipinski definition) is 1. The molecular formula is C16H16F2O. The SMILES string of the molecule is Cc1cc(F)cc(C(O)c2cc(C)c(F)c(C)c2)c1. The molecule has 2 aromatic carbocycles. The largest absolute Gasteiger partial charge is 0.384 e. The third-order valence-corrected chi connectivity index (χ3v) is 3.15. The van der Waals surface area contributed by atoms with Crippen LogP contribution >= 0.6 is 0 Å². The van der Waals surface area contributed by atoms with E-state index in [1.807, 2.05) is 0 Å². The van der Waals surface area contributed by atoms with Gasteiger partial charge in [0, 0.05) is 0 Å². The molecule has 0 aliphatic heterocycles. The second-order valence-electron chi connectivity index (χ2n) is 4.93. The molecule has 0 saturated carbocycles. The van der Waals surface area contributed by atoms with E-state index in [0.717, 1.165) is 5.56 Å². The highest BCUT2D eigenvalue weighted by atomic mass is 19.1. The number of benzene rings is 2. The molecule has 0 fully saturated rings. The van der Waals surface area contributed by atoms with Gasteiger partial charge in [-0.2, -0.15) is 0 Å². The van der Waals surface area contributed by atoms with Gasteiger partial charge in [-0.25, -0.2) is 8.78 Å². The average Bonchev–Trinajstić information content (AvgIpc) is 2.33. The number of hydrogen-bond donors (Lipinski definition) is 1. The number of rotatable bonds is 2. The smallest absolute Gasteiger partial charge is 0.129 e. The fraction of sp³-hybridized carbons (Fsp3) is 0.250. The Hall–Kier alpha value is -1.74. The number of aliphatic hydroxyl groups excluding tert-OH is 1. The first kappa shape index (κ1) is 13.7. The number of halogens is 2. The average molecular weight is 262 g/mol. The van der Waals surface area contributed by atoms with Crippen LogP contribution in [0.2, 0.25) is 0 Å². The number of aryl methyl sites for hydroxylation is 3. The van der Waals surface area contributed by atoms with E-state index < -0.39 is 6.10 Å². The van der Waals surface area contributed by atoms with E-state index in [9.17, 15) is 13.9 Å². The summed E-state index contributed by atoms with van der Waals surface area (Å²) in [5, 5.41) is 10.3. The van der Waals surface area contributed by atoms with Crippen LogP contribution in [0.1, 0.15) is 33.9 Å². The Labute approximate surface area is 111 Å². The molecule has 2 rings (SSSR count). The Morgan fingerprint density at radius 3 is 1.89 bits per heavy atom. The maximum atomic E-state index is 13.6. The van der Waals surface area contributed by atoms with Crippen molar-refractivity contribution in [1.82, 2.24) is 0 Å². The van der Waals surface area contributed by atoms with Crippen molar-refractivity contribution >= 4 is 0 Å². The minimum atomic E-state index is -0.951. The van der Waals surface area contributed by atoms with Gasteiger partial charge in [0.1, 0.15) is 17.7 Å². The zero-order chi connectivity index (χ0) is 14.2. The standard InChI is InChI=1S/C16H16F2O/c1-9-4-12(8-14(17)5-9)16(19)13-6-10(2)15(18)11(3)7-13/h4-8,16,19H,1-3H3. The predicted molar refractivity (Wildman–Crippen MR) is 71.1 cm³/mol. The topological polar surface area (TPSA) is 20.2 Å². The number of aliphatic hydroxyl groups is 1. The predicted octanol–water partition coefficient (Wildman–Crippen LogP) is 3.97. The molecule has 1 atom stereocenters. The van der Waals surface area contributed by atoms with Crippen molar-refractivity contribution in [3.8, 4) is 0 Å². The van der Waals surface area contributed by atoms with Gasteiger partial charge < -0.3 is 5.11 Å². The normalized spacial score (nSPS) is 12.5. The zero-order valence-corrected chi connectivity index (χ0v) is 11.2. The van der Waals surface area contributed by atoms with Crippen molar-refractivity contribution in [2.24, 2.45) is 0 Å². The summed E-state index contributed by atoms with van der Waals surface area (Å²) in [6, 6.07) is 7.60. The van der Waals surface area contributed by atoms with Crippen molar-refractivity contribution in [2.75, 3.05) is 0 Å². The molecule has 0 spiro atoms. The molecule has 0 radical (unpaired) electrons. The molecule has 0 aromatic heterocycles. The molecule has 0 saturated heterocycles.